The van der Waals surface area contributed by atoms with Crippen molar-refractivity contribution in [1.29, 1.82) is 0 Å². The number of rotatable bonds is 4. The van der Waals surface area contributed by atoms with E-state index in [1.165, 1.54) is 56.4 Å². The van der Waals surface area contributed by atoms with Crippen LogP contribution in [0.3, 0.4) is 0 Å². The third-order valence-corrected chi connectivity index (χ3v) is 5.79. The van der Waals surface area contributed by atoms with E-state index in [0.29, 0.717) is 0 Å². The fourth-order valence-electron chi connectivity index (χ4n) is 3.40. The number of hydrogen-bond donors (Lipinski definition) is 1. The maximum Gasteiger partial charge on any atom is 0.0954 e. The molecule has 0 amide bonds. The van der Waals surface area contributed by atoms with Gasteiger partial charge in [0.05, 0.1) is 11.2 Å². The number of fused-ring (bicyclic) bond motifs is 3. The van der Waals surface area contributed by atoms with Gasteiger partial charge in [0.2, 0.25) is 0 Å². The summed E-state index contributed by atoms with van der Waals surface area (Å²) in [7, 11) is 0. The van der Waals surface area contributed by atoms with E-state index in [4.69, 9.17) is 4.98 Å². The summed E-state index contributed by atoms with van der Waals surface area (Å²) < 4.78 is 0. The normalized spacial score (nSPS) is 11.6. The molecule has 0 fully saturated rings. The van der Waals surface area contributed by atoms with Gasteiger partial charge >= 0.3 is 0 Å². The van der Waals surface area contributed by atoms with Gasteiger partial charge in [-0.25, -0.2) is 0 Å². The highest BCUT2D eigenvalue weighted by atomic mass is 32.1. The fourth-order valence-corrected chi connectivity index (χ4v) is 4.48. The average molecular weight is 334 g/mol. The molecule has 3 heterocycles. The summed E-state index contributed by atoms with van der Waals surface area (Å²) in [4.78, 5) is 11.2. The number of nitrogens with zero attached hydrogens (tertiary/aromatic N) is 1. The Labute approximate surface area is 146 Å². The number of benzene rings is 1. The van der Waals surface area contributed by atoms with E-state index in [1.807, 2.05) is 17.5 Å². The molecule has 122 valence electrons. The Kier molecular flexibility index (Phi) is 3.89. The molecule has 0 unspecified atom stereocenters. The van der Waals surface area contributed by atoms with Gasteiger partial charge in [-0.1, -0.05) is 25.5 Å². The maximum atomic E-state index is 4.72. The van der Waals surface area contributed by atoms with E-state index in [2.05, 4.69) is 56.1 Å². The molecule has 0 aliphatic carbocycles. The molecule has 3 aromatic heterocycles. The molecule has 0 bridgehead atoms. The van der Waals surface area contributed by atoms with E-state index in [1.54, 1.807) is 0 Å². The molecule has 4 rings (SSSR count). The number of hydrogen-bond acceptors (Lipinski definition) is 2. The maximum absolute atomic E-state index is 4.72. The molecule has 0 saturated heterocycles. The summed E-state index contributed by atoms with van der Waals surface area (Å²) in [5.74, 6) is 0. The van der Waals surface area contributed by atoms with Crippen molar-refractivity contribution in [2.45, 2.75) is 40.0 Å². The van der Waals surface area contributed by atoms with Crippen molar-refractivity contribution in [3.05, 3.63) is 51.8 Å². The number of aromatic nitrogens is 2. The number of H-pyrrole nitrogens is 1. The number of unbranched alkanes of at least 4 members (excludes halogenated alkanes) is 1. The third-order valence-electron chi connectivity index (χ3n) is 4.68. The molecule has 0 spiro atoms. The molecule has 24 heavy (non-hydrogen) atoms. The van der Waals surface area contributed by atoms with Crippen molar-refractivity contribution in [3.63, 3.8) is 0 Å². The molecular formula is C21H22N2S. The minimum Gasteiger partial charge on any atom is -0.353 e. The summed E-state index contributed by atoms with van der Waals surface area (Å²) >= 11 is 1.91. The standard InChI is InChI=1S/C21H22N2S/c1-4-5-6-15-12-18(14(3)24-15)20-21-17(9-10-22-20)16-8-7-13(2)11-19(16)23-21/h7-12,23H,4-6H2,1-3H3. The average Bonchev–Trinajstić information content (AvgIpc) is 3.12. The summed E-state index contributed by atoms with van der Waals surface area (Å²) in [6.07, 6.45) is 5.60. The van der Waals surface area contributed by atoms with Crippen LogP contribution >= 0.6 is 11.3 Å². The molecule has 1 aromatic carbocycles. The molecule has 0 radical (unpaired) electrons. The SMILES string of the molecule is CCCCc1cc(-c2nccc3c2[nH]c2cc(C)ccc23)c(C)s1. The first-order valence-electron chi connectivity index (χ1n) is 8.64. The van der Waals surface area contributed by atoms with Gasteiger partial charge in [0.1, 0.15) is 0 Å². The van der Waals surface area contributed by atoms with Crippen LogP contribution in [0.5, 0.6) is 0 Å². The summed E-state index contributed by atoms with van der Waals surface area (Å²) in [5, 5.41) is 2.54. The van der Waals surface area contributed by atoms with Gasteiger partial charge in [0.25, 0.3) is 0 Å². The van der Waals surface area contributed by atoms with Gasteiger partial charge in [-0.3, -0.25) is 4.98 Å². The zero-order chi connectivity index (χ0) is 16.7. The second-order valence-electron chi connectivity index (χ2n) is 6.54. The van der Waals surface area contributed by atoms with Crippen LogP contribution < -0.4 is 0 Å². The Bertz CT molecular complexity index is 1020. The lowest BCUT2D eigenvalue weighted by atomic mass is 10.1. The predicted molar refractivity (Wildman–Crippen MR) is 105 cm³/mol. The van der Waals surface area contributed by atoms with Crippen LogP contribution in [0.4, 0.5) is 0 Å². The highest BCUT2D eigenvalue weighted by Crippen LogP contribution is 2.36. The van der Waals surface area contributed by atoms with Gasteiger partial charge in [-0.05, 0) is 50.5 Å². The van der Waals surface area contributed by atoms with Gasteiger partial charge in [0.15, 0.2) is 0 Å². The predicted octanol–water partition coefficient (Wildman–Crippen LogP) is 6.40. The second kappa shape index (κ2) is 6.06. The van der Waals surface area contributed by atoms with Gasteiger partial charge < -0.3 is 4.98 Å². The van der Waals surface area contributed by atoms with Gasteiger partial charge in [-0.15, -0.1) is 11.3 Å². The highest BCUT2D eigenvalue weighted by molar-refractivity contribution is 7.12. The minimum absolute atomic E-state index is 1.08. The lowest BCUT2D eigenvalue weighted by molar-refractivity contribution is 0.804. The van der Waals surface area contributed by atoms with Crippen LogP contribution in [0.15, 0.2) is 36.5 Å². The van der Waals surface area contributed by atoms with E-state index in [-0.39, 0.29) is 0 Å². The molecule has 1 N–H and O–H groups in total. The van der Waals surface area contributed by atoms with E-state index >= 15 is 0 Å². The quantitative estimate of drug-likeness (QED) is 0.459. The molecule has 0 atom stereocenters. The minimum atomic E-state index is 1.08. The Morgan fingerprint density at radius 3 is 2.79 bits per heavy atom. The summed E-state index contributed by atoms with van der Waals surface area (Å²) in [6, 6.07) is 11.1. The second-order valence-corrected chi connectivity index (χ2v) is 7.88. The van der Waals surface area contributed by atoms with Crippen LogP contribution in [0, 0.1) is 13.8 Å². The number of thiophene rings is 1. The molecule has 2 nitrogen and oxygen atoms in total. The topological polar surface area (TPSA) is 28.7 Å². The molecule has 3 heteroatoms. The zero-order valence-corrected chi connectivity index (χ0v) is 15.3. The molecular weight excluding hydrogens is 312 g/mol. The first kappa shape index (κ1) is 15.4. The highest BCUT2D eigenvalue weighted by Gasteiger charge is 2.15. The Balaban J connectivity index is 1.91. The first-order valence-corrected chi connectivity index (χ1v) is 9.45. The van der Waals surface area contributed by atoms with Crippen LogP contribution in [-0.2, 0) is 6.42 Å². The van der Waals surface area contributed by atoms with Crippen molar-refractivity contribution < 1.29 is 0 Å². The largest absolute Gasteiger partial charge is 0.353 e. The Morgan fingerprint density at radius 2 is 1.96 bits per heavy atom. The molecule has 0 aliphatic heterocycles. The summed E-state index contributed by atoms with van der Waals surface area (Å²) in [5.41, 5.74) is 5.98. The van der Waals surface area contributed by atoms with Crippen LogP contribution in [0.2, 0.25) is 0 Å². The van der Waals surface area contributed by atoms with Crippen LogP contribution in [-0.4, -0.2) is 9.97 Å². The third kappa shape index (κ3) is 2.53. The van der Waals surface area contributed by atoms with Crippen LogP contribution in [0.1, 0.15) is 35.1 Å². The van der Waals surface area contributed by atoms with Crippen molar-refractivity contribution >= 4 is 33.1 Å². The van der Waals surface area contributed by atoms with Gasteiger partial charge in [0, 0.05) is 37.8 Å². The van der Waals surface area contributed by atoms with E-state index in [0.717, 1.165) is 11.2 Å². The number of aryl methyl sites for hydroxylation is 3. The van der Waals surface area contributed by atoms with Gasteiger partial charge in [-0.2, -0.15) is 0 Å². The summed E-state index contributed by atoms with van der Waals surface area (Å²) in [6.45, 7) is 6.59. The molecule has 4 aromatic rings. The van der Waals surface area contributed by atoms with Crippen LogP contribution in [0.25, 0.3) is 33.1 Å². The monoisotopic (exact) mass is 334 g/mol. The Morgan fingerprint density at radius 1 is 1.08 bits per heavy atom. The van der Waals surface area contributed by atoms with Crippen molar-refractivity contribution in [2.75, 3.05) is 0 Å². The molecule has 0 aliphatic rings. The lowest BCUT2D eigenvalue weighted by Gasteiger charge is -2.01. The van der Waals surface area contributed by atoms with Crippen molar-refractivity contribution in [3.8, 4) is 11.3 Å². The van der Waals surface area contributed by atoms with Crippen molar-refractivity contribution in [2.24, 2.45) is 0 Å². The molecule has 0 saturated carbocycles. The van der Waals surface area contributed by atoms with E-state index in [9.17, 15) is 0 Å². The first-order chi connectivity index (χ1) is 11.7. The van der Waals surface area contributed by atoms with Crippen molar-refractivity contribution in [1.82, 2.24) is 9.97 Å². The number of pyridine rings is 1. The van der Waals surface area contributed by atoms with E-state index < -0.39 is 0 Å². The lowest BCUT2D eigenvalue weighted by Crippen LogP contribution is -1.85. The Hall–Kier alpha value is -2.13. The zero-order valence-electron chi connectivity index (χ0n) is 14.4. The smallest absolute Gasteiger partial charge is 0.0954 e. The fraction of sp³-hybridized carbons (Fsp3) is 0.286. The number of nitrogens with one attached hydrogen (secondary N) is 1. The number of aromatic amines is 1.